The van der Waals surface area contributed by atoms with Crippen molar-refractivity contribution in [1.29, 1.82) is 0 Å². The second-order valence-corrected chi connectivity index (χ2v) is 4.95. The molecule has 0 fully saturated rings. The molecule has 0 saturated carbocycles. The van der Waals surface area contributed by atoms with Gasteiger partial charge in [-0.1, -0.05) is 12.1 Å². The lowest BCUT2D eigenvalue weighted by Crippen LogP contribution is -2.25. The quantitative estimate of drug-likeness (QED) is 0.790. The van der Waals surface area contributed by atoms with Gasteiger partial charge in [-0.3, -0.25) is 0 Å². The monoisotopic (exact) mass is 278 g/mol. The zero-order valence-corrected chi connectivity index (χ0v) is 11.9. The summed E-state index contributed by atoms with van der Waals surface area (Å²) in [7, 11) is 3.37. The van der Waals surface area contributed by atoms with Crippen molar-refractivity contribution in [2.45, 2.75) is 6.04 Å². The Morgan fingerprint density at radius 3 is 2.63 bits per heavy atom. The van der Waals surface area contributed by atoms with E-state index in [0.717, 1.165) is 17.3 Å². The van der Waals surface area contributed by atoms with Crippen molar-refractivity contribution in [1.82, 2.24) is 10.3 Å². The van der Waals surface area contributed by atoms with Gasteiger partial charge in [0.1, 0.15) is 10.8 Å². The van der Waals surface area contributed by atoms with Crippen molar-refractivity contribution >= 4 is 11.3 Å². The van der Waals surface area contributed by atoms with Gasteiger partial charge in [0.2, 0.25) is 0 Å². The molecule has 1 unspecified atom stereocenters. The van der Waals surface area contributed by atoms with E-state index >= 15 is 0 Å². The smallest absolute Gasteiger partial charge is 0.118 e. The summed E-state index contributed by atoms with van der Waals surface area (Å²) >= 11 is 1.65. The van der Waals surface area contributed by atoms with Crippen LogP contribution in [0.3, 0.4) is 0 Å². The second-order valence-electron chi connectivity index (χ2n) is 4.02. The number of thiazole rings is 1. The van der Waals surface area contributed by atoms with E-state index in [9.17, 15) is 0 Å². The van der Waals surface area contributed by atoms with Crippen LogP contribution in [0.2, 0.25) is 0 Å². The lowest BCUT2D eigenvalue weighted by molar-refractivity contribution is 0.197. The van der Waals surface area contributed by atoms with E-state index in [0.29, 0.717) is 6.61 Å². The van der Waals surface area contributed by atoms with Crippen LogP contribution in [0, 0.1) is 0 Å². The summed E-state index contributed by atoms with van der Waals surface area (Å²) in [6, 6.07) is 8.15. The van der Waals surface area contributed by atoms with Crippen LogP contribution in [0.25, 0.3) is 0 Å². The Kier molecular flexibility index (Phi) is 5.32. The molecule has 0 radical (unpaired) electrons. The number of nitrogens with one attached hydrogen (secondary N) is 1. The molecule has 0 aliphatic rings. The molecular formula is C14H18N2O2S. The number of aromatic nitrogens is 1. The third-order valence-electron chi connectivity index (χ3n) is 2.80. The fourth-order valence-corrected chi connectivity index (χ4v) is 2.56. The molecule has 2 aromatic rings. The number of ether oxygens (including phenoxy) is 2. The highest BCUT2D eigenvalue weighted by Crippen LogP contribution is 2.25. The Morgan fingerprint density at radius 1 is 1.26 bits per heavy atom. The fraction of sp³-hybridized carbons (Fsp3) is 0.357. The zero-order valence-electron chi connectivity index (χ0n) is 11.1. The largest absolute Gasteiger partial charge is 0.497 e. The standard InChI is InChI=1S/C14H18N2O2S/c1-17-9-7-15-13(14-16-8-10-19-14)11-3-5-12(18-2)6-4-11/h3-6,8,10,13,15H,7,9H2,1-2H3. The fourth-order valence-electron chi connectivity index (χ4n) is 1.83. The van der Waals surface area contributed by atoms with Crippen LogP contribution in [0.1, 0.15) is 16.6 Å². The molecule has 4 nitrogen and oxygen atoms in total. The number of rotatable bonds is 7. The van der Waals surface area contributed by atoms with Crippen LogP contribution < -0.4 is 10.1 Å². The average molecular weight is 278 g/mol. The van der Waals surface area contributed by atoms with Crippen LogP contribution in [-0.2, 0) is 4.74 Å². The van der Waals surface area contributed by atoms with E-state index in [1.54, 1.807) is 25.6 Å². The van der Waals surface area contributed by atoms with Crippen molar-refractivity contribution in [3.63, 3.8) is 0 Å². The minimum Gasteiger partial charge on any atom is -0.497 e. The summed E-state index contributed by atoms with van der Waals surface area (Å²) in [4.78, 5) is 4.40. The second kappa shape index (κ2) is 7.23. The first-order chi connectivity index (χ1) is 9.35. The van der Waals surface area contributed by atoms with Crippen molar-refractivity contribution in [3.8, 4) is 5.75 Å². The number of methoxy groups -OCH3 is 2. The molecule has 0 aliphatic carbocycles. The maximum absolute atomic E-state index is 5.18. The van der Waals surface area contributed by atoms with Gasteiger partial charge in [0.05, 0.1) is 19.8 Å². The summed E-state index contributed by atoms with van der Waals surface area (Å²) in [5.41, 5.74) is 1.17. The highest BCUT2D eigenvalue weighted by Gasteiger charge is 2.15. The summed E-state index contributed by atoms with van der Waals surface area (Å²) in [6.45, 7) is 1.46. The van der Waals surface area contributed by atoms with Gasteiger partial charge in [-0.05, 0) is 17.7 Å². The highest BCUT2D eigenvalue weighted by molar-refractivity contribution is 7.09. The molecule has 1 aromatic carbocycles. The molecule has 1 N–H and O–H groups in total. The molecule has 1 aromatic heterocycles. The van der Waals surface area contributed by atoms with Crippen molar-refractivity contribution in [3.05, 3.63) is 46.4 Å². The zero-order chi connectivity index (χ0) is 13.5. The Balaban J connectivity index is 2.15. The lowest BCUT2D eigenvalue weighted by atomic mass is 10.1. The van der Waals surface area contributed by atoms with Crippen LogP contribution >= 0.6 is 11.3 Å². The third-order valence-corrected chi connectivity index (χ3v) is 3.64. The normalized spacial score (nSPS) is 12.3. The Hall–Kier alpha value is -1.43. The molecular weight excluding hydrogens is 260 g/mol. The molecule has 0 bridgehead atoms. The van der Waals surface area contributed by atoms with Crippen LogP contribution in [0.5, 0.6) is 5.75 Å². The minimum absolute atomic E-state index is 0.0982. The molecule has 0 saturated heterocycles. The van der Waals surface area contributed by atoms with Crippen LogP contribution in [0.15, 0.2) is 35.8 Å². The molecule has 5 heteroatoms. The molecule has 1 heterocycles. The van der Waals surface area contributed by atoms with Gasteiger partial charge in [0.15, 0.2) is 0 Å². The molecule has 19 heavy (non-hydrogen) atoms. The maximum Gasteiger partial charge on any atom is 0.118 e. The first-order valence-electron chi connectivity index (χ1n) is 6.11. The Bertz CT molecular complexity index is 471. The molecule has 0 amide bonds. The number of nitrogens with zero attached hydrogens (tertiary/aromatic N) is 1. The lowest BCUT2D eigenvalue weighted by Gasteiger charge is -2.17. The predicted molar refractivity (Wildman–Crippen MR) is 76.8 cm³/mol. The summed E-state index contributed by atoms with van der Waals surface area (Å²) < 4.78 is 10.3. The maximum atomic E-state index is 5.18. The van der Waals surface area contributed by atoms with Gasteiger partial charge in [-0.25, -0.2) is 4.98 Å². The van der Waals surface area contributed by atoms with Gasteiger partial charge in [-0.2, -0.15) is 0 Å². The third kappa shape index (κ3) is 3.76. The van der Waals surface area contributed by atoms with E-state index in [1.807, 2.05) is 23.7 Å². The number of hydrogen-bond acceptors (Lipinski definition) is 5. The van der Waals surface area contributed by atoms with E-state index in [-0.39, 0.29) is 6.04 Å². The Labute approximate surface area is 117 Å². The van der Waals surface area contributed by atoms with Crippen LogP contribution in [0.4, 0.5) is 0 Å². The van der Waals surface area contributed by atoms with Gasteiger partial charge < -0.3 is 14.8 Å². The SMILES string of the molecule is COCCNC(c1ccc(OC)cc1)c1nccs1. The summed E-state index contributed by atoms with van der Waals surface area (Å²) in [6.07, 6.45) is 1.83. The average Bonchev–Trinajstić information content (AvgIpc) is 2.98. The summed E-state index contributed by atoms with van der Waals surface area (Å²) in [5.74, 6) is 0.860. The van der Waals surface area contributed by atoms with Crippen molar-refractivity contribution in [2.75, 3.05) is 27.4 Å². The minimum atomic E-state index is 0.0982. The molecule has 1 atom stereocenters. The van der Waals surface area contributed by atoms with Crippen LogP contribution in [-0.4, -0.2) is 32.4 Å². The predicted octanol–water partition coefficient (Wildman–Crippen LogP) is 2.48. The topological polar surface area (TPSA) is 43.4 Å². The number of benzene rings is 1. The van der Waals surface area contributed by atoms with E-state index in [2.05, 4.69) is 22.4 Å². The number of hydrogen-bond donors (Lipinski definition) is 1. The van der Waals surface area contributed by atoms with E-state index in [4.69, 9.17) is 9.47 Å². The van der Waals surface area contributed by atoms with Gasteiger partial charge in [-0.15, -0.1) is 11.3 Å². The summed E-state index contributed by atoms with van der Waals surface area (Å²) in [5, 5.41) is 6.51. The van der Waals surface area contributed by atoms with Crippen molar-refractivity contribution in [2.24, 2.45) is 0 Å². The van der Waals surface area contributed by atoms with Gasteiger partial charge in [0.25, 0.3) is 0 Å². The molecule has 0 aliphatic heterocycles. The first-order valence-corrected chi connectivity index (χ1v) is 6.98. The Morgan fingerprint density at radius 2 is 2.05 bits per heavy atom. The van der Waals surface area contributed by atoms with E-state index < -0.39 is 0 Å². The molecule has 102 valence electrons. The molecule has 2 rings (SSSR count). The van der Waals surface area contributed by atoms with Gasteiger partial charge >= 0.3 is 0 Å². The molecule has 0 spiro atoms. The van der Waals surface area contributed by atoms with E-state index in [1.165, 1.54) is 5.56 Å². The first kappa shape index (κ1) is 14.0. The highest BCUT2D eigenvalue weighted by atomic mass is 32.1. The van der Waals surface area contributed by atoms with Crippen molar-refractivity contribution < 1.29 is 9.47 Å². The van der Waals surface area contributed by atoms with Gasteiger partial charge in [0, 0.05) is 25.2 Å².